The van der Waals surface area contributed by atoms with Gasteiger partial charge < -0.3 is 24.8 Å². The predicted octanol–water partition coefficient (Wildman–Crippen LogP) is 2.13. The summed E-state index contributed by atoms with van der Waals surface area (Å²) in [6, 6.07) is 15.6. The predicted molar refractivity (Wildman–Crippen MR) is 107 cm³/mol. The van der Waals surface area contributed by atoms with E-state index in [4.69, 9.17) is 9.47 Å². The molecule has 0 saturated heterocycles. The molecule has 0 bridgehead atoms. The maximum absolute atomic E-state index is 10.5. The van der Waals surface area contributed by atoms with Gasteiger partial charge in [-0.1, -0.05) is 55.5 Å². The van der Waals surface area contributed by atoms with Crippen molar-refractivity contribution in [2.45, 2.75) is 38.0 Å². The second-order valence-corrected chi connectivity index (χ2v) is 7.11. The van der Waals surface area contributed by atoms with Crippen LogP contribution in [0.3, 0.4) is 0 Å². The van der Waals surface area contributed by atoms with E-state index in [0.717, 1.165) is 6.42 Å². The van der Waals surface area contributed by atoms with Gasteiger partial charge in [-0.25, -0.2) is 4.90 Å². The van der Waals surface area contributed by atoms with Crippen molar-refractivity contribution >= 4 is 0 Å². The zero-order chi connectivity index (χ0) is 20.1. The van der Waals surface area contributed by atoms with E-state index >= 15 is 0 Å². The largest absolute Gasteiger partial charge is 0.380 e. The molecule has 0 aromatic heterocycles. The van der Waals surface area contributed by atoms with Crippen LogP contribution < -0.4 is 0 Å². The summed E-state index contributed by atoms with van der Waals surface area (Å²) < 4.78 is 11.2. The molecule has 0 fully saturated rings. The highest BCUT2D eigenvalue weighted by Gasteiger charge is 2.31. The fraction of sp³-hybridized carbons (Fsp3) is 0.455. The number of rotatable bonds is 10. The third-order valence-electron chi connectivity index (χ3n) is 5.23. The molecule has 0 aliphatic heterocycles. The molecule has 0 amide bonds. The maximum Gasteiger partial charge on any atom is 0.216 e. The summed E-state index contributed by atoms with van der Waals surface area (Å²) in [5.41, 5.74) is 4.71. The first-order valence-corrected chi connectivity index (χ1v) is 9.68. The monoisotopic (exact) mass is 387 g/mol. The fourth-order valence-corrected chi connectivity index (χ4v) is 3.67. The fourth-order valence-electron chi connectivity index (χ4n) is 3.67. The van der Waals surface area contributed by atoms with Crippen LogP contribution in [0.15, 0.2) is 48.5 Å². The van der Waals surface area contributed by atoms with Crippen molar-refractivity contribution in [3.63, 3.8) is 0 Å². The van der Waals surface area contributed by atoms with E-state index in [9.17, 15) is 15.3 Å². The van der Waals surface area contributed by atoms with Gasteiger partial charge in [0.2, 0.25) is 6.41 Å². The van der Waals surface area contributed by atoms with E-state index in [1.165, 1.54) is 27.2 Å². The lowest BCUT2D eigenvalue weighted by Crippen LogP contribution is -2.50. The van der Waals surface area contributed by atoms with Gasteiger partial charge in [-0.15, -0.1) is 0 Å². The maximum atomic E-state index is 10.5. The molecule has 0 heterocycles. The second kappa shape index (κ2) is 9.60. The molecule has 2 aromatic rings. The number of hydrogen-bond acceptors (Lipinski definition) is 6. The number of nitrogens with zero attached hydrogens (tertiary/aromatic N) is 1. The van der Waals surface area contributed by atoms with Crippen LogP contribution in [0.4, 0.5) is 0 Å². The smallest absolute Gasteiger partial charge is 0.216 e. The molecule has 1 aliphatic carbocycles. The van der Waals surface area contributed by atoms with Gasteiger partial charge in [0, 0.05) is 12.5 Å². The summed E-state index contributed by atoms with van der Waals surface area (Å²) in [7, 11) is 1.58. The minimum Gasteiger partial charge on any atom is -0.380 e. The minimum absolute atomic E-state index is 0.0179. The zero-order valence-corrected chi connectivity index (χ0v) is 16.4. The van der Waals surface area contributed by atoms with Crippen LogP contribution in [0, 0.1) is 0 Å². The highest BCUT2D eigenvalue weighted by Crippen LogP contribution is 2.44. The van der Waals surface area contributed by atoms with E-state index in [1.54, 1.807) is 7.05 Å². The van der Waals surface area contributed by atoms with Gasteiger partial charge in [0.15, 0.2) is 6.29 Å². The zero-order valence-electron chi connectivity index (χ0n) is 16.4. The number of likely N-dealkylation sites (N-methyl/N-ethyl adjacent to an activating group) is 1. The van der Waals surface area contributed by atoms with E-state index in [0.29, 0.717) is 6.61 Å². The lowest BCUT2D eigenvalue weighted by Gasteiger charge is -2.33. The summed E-state index contributed by atoms with van der Waals surface area (Å²) in [6.07, 6.45) is -2.10. The lowest BCUT2D eigenvalue weighted by atomic mass is 9.98. The molecule has 0 saturated carbocycles. The highest BCUT2D eigenvalue weighted by atomic mass is 16.6. The Bertz CT molecular complexity index is 721. The van der Waals surface area contributed by atoms with Gasteiger partial charge in [0.25, 0.3) is 0 Å². The van der Waals surface area contributed by atoms with E-state index in [-0.39, 0.29) is 19.1 Å². The number of ether oxygens (including phenoxy) is 2. The molecule has 1 unspecified atom stereocenters. The standard InChI is InChI=1S/C22H29NO5/c1-3-12-27-14-20(21(24)25)23(2)22(26)28-13-19-17-10-6-4-8-15(17)16-9-5-7-11-18(16)19/h4-11,19-22,24-26H,3,12-14H2,1-2H3/t20-,22?/m1/s1. The van der Waals surface area contributed by atoms with E-state index in [2.05, 4.69) is 24.3 Å². The second-order valence-electron chi connectivity index (χ2n) is 7.11. The van der Waals surface area contributed by atoms with Crippen molar-refractivity contribution in [3.8, 4) is 11.1 Å². The first-order valence-electron chi connectivity index (χ1n) is 9.68. The van der Waals surface area contributed by atoms with Gasteiger partial charge in [-0.3, -0.25) is 0 Å². The van der Waals surface area contributed by atoms with Crippen molar-refractivity contribution in [1.29, 1.82) is 0 Å². The van der Waals surface area contributed by atoms with Crippen LogP contribution in [-0.4, -0.2) is 65.8 Å². The molecule has 152 valence electrons. The Morgan fingerprint density at radius 2 is 1.54 bits per heavy atom. The van der Waals surface area contributed by atoms with Gasteiger partial charge in [0.05, 0.1) is 19.3 Å². The molecule has 0 radical (unpaired) electrons. The molecule has 2 atom stereocenters. The topological polar surface area (TPSA) is 82.4 Å². The highest BCUT2D eigenvalue weighted by molar-refractivity contribution is 5.78. The summed E-state index contributed by atoms with van der Waals surface area (Å²) in [6.45, 7) is 2.87. The molecular weight excluding hydrogens is 358 g/mol. The van der Waals surface area contributed by atoms with Crippen molar-refractivity contribution in [2.75, 3.05) is 26.9 Å². The van der Waals surface area contributed by atoms with Crippen LogP contribution in [0.25, 0.3) is 11.1 Å². The summed E-state index contributed by atoms with van der Waals surface area (Å²) in [5.74, 6) is 0.0179. The number of hydrogen-bond donors (Lipinski definition) is 3. The molecule has 6 nitrogen and oxygen atoms in total. The molecule has 1 aliphatic rings. The lowest BCUT2D eigenvalue weighted by molar-refractivity contribution is -0.231. The Morgan fingerprint density at radius 3 is 2.07 bits per heavy atom. The van der Waals surface area contributed by atoms with Crippen LogP contribution in [0.5, 0.6) is 0 Å². The first kappa shape index (κ1) is 20.9. The molecular formula is C22H29NO5. The number of aliphatic hydroxyl groups excluding tert-OH is 2. The number of aliphatic hydroxyl groups is 3. The summed E-state index contributed by atoms with van der Waals surface area (Å²) in [5, 5.41) is 29.8. The number of benzene rings is 2. The Hall–Kier alpha value is -1.80. The summed E-state index contributed by atoms with van der Waals surface area (Å²) in [4.78, 5) is 1.38. The average Bonchev–Trinajstić information content (AvgIpc) is 3.02. The summed E-state index contributed by atoms with van der Waals surface area (Å²) >= 11 is 0. The van der Waals surface area contributed by atoms with Crippen molar-refractivity contribution in [1.82, 2.24) is 4.90 Å². The number of fused-ring (bicyclic) bond motifs is 3. The van der Waals surface area contributed by atoms with E-state index < -0.39 is 18.7 Å². The molecule has 0 spiro atoms. The Balaban J connectivity index is 1.67. The van der Waals surface area contributed by atoms with E-state index in [1.807, 2.05) is 31.2 Å². The van der Waals surface area contributed by atoms with Crippen molar-refractivity contribution in [2.24, 2.45) is 0 Å². The van der Waals surface area contributed by atoms with Crippen molar-refractivity contribution in [3.05, 3.63) is 59.7 Å². The minimum atomic E-state index is -1.65. The van der Waals surface area contributed by atoms with Gasteiger partial charge in [-0.05, 0) is 35.7 Å². The van der Waals surface area contributed by atoms with Gasteiger partial charge in [0.1, 0.15) is 0 Å². The average molecular weight is 387 g/mol. The van der Waals surface area contributed by atoms with Gasteiger partial charge >= 0.3 is 0 Å². The SMILES string of the molecule is CCCOC[C@H](C(O)O)N(C)C(O)OCC1c2ccccc2-c2ccccc21. The molecule has 28 heavy (non-hydrogen) atoms. The van der Waals surface area contributed by atoms with Crippen LogP contribution >= 0.6 is 0 Å². The normalized spacial score (nSPS) is 15.7. The van der Waals surface area contributed by atoms with Crippen LogP contribution in [-0.2, 0) is 9.47 Å². The molecule has 2 aromatic carbocycles. The molecule has 3 rings (SSSR count). The van der Waals surface area contributed by atoms with Crippen molar-refractivity contribution < 1.29 is 24.8 Å². The Kier molecular flexibility index (Phi) is 7.18. The molecule has 3 N–H and O–H groups in total. The first-order chi connectivity index (χ1) is 13.5. The Morgan fingerprint density at radius 1 is 0.964 bits per heavy atom. The third kappa shape index (κ3) is 4.43. The van der Waals surface area contributed by atoms with Crippen LogP contribution in [0.2, 0.25) is 0 Å². The Labute approximate surface area is 166 Å². The van der Waals surface area contributed by atoms with Crippen LogP contribution in [0.1, 0.15) is 30.4 Å². The van der Waals surface area contributed by atoms with Gasteiger partial charge in [-0.2, -0.15) is 0 Å². The third-order valence-corrected chi connectivity index (χ3v) is 5.23. The molecule has 6 heteroatoms. The quantitative estimate of drug-likeness (QED) is 0.428.